The number of hydrogen-bond acceptors (Lipinski definition) is 27. The lowest BCUT2D eigenvalue weighted by Crippen LogP contribution is -2.72. The van der Waals surface area contributed by atoms with E-state index in [1.807, 2.05) is 0 Å². The van der Waals surface area contributed by atoms with E-state index in [4.69, 9.17) is 33.2 Å². The number of nitrogens with one attached hydrogen (secondary N) is 3. The molecule has 0 radical (unpaired) electrons. The lowest BCUT2D eigenvalue weighted by molar-refractivity contribution is -0.373. The van der Waals surface area contributed by atoms with Crippen LogP contribution in [0.15, 0.2) is 0 Å². The van der Waals surface area contributed by atoms with Gasteiger partial charge in [-0.15, -0.1) is 0 Å². The smallest absolute Gasteiger partial charge is 0.364 e. The van der Waals surface area contributed by atoms with Crippen LogP contribution >= 0.6 is 0 Å². The zero-order valence-electron chi connectivity index (χ0n) is 38.4. The molecule has 0 spiro atoms. The second-order valence-corrected chi connectivity index (χ2v) is 17.6. The second-order valence-electron chi connectivity index (χ2n) is 17.6. The highest BCUT2D eigenvalue weighted by atomic mass is 16.8. The zero-order chi connectivity index (χ0) is 54.5. The van der Waals surface area contributed by atoms with Gasteiger partial charge in [0, 0.05) is 40.0 Å². The van der Waals surface area contributed by atoms with Crippen molar-refractivity contribution < 1.29 is 149 Å². The SMILES string of the molecule is CC(=O)N[C@H]1[C@H]([C@H](O)[C@H](O)CO)O[C@@](O[C@H](CO)[C@@H](O)[C@@H]2O[C@@](O[C@H](CO)[C@@H](O)[C@@H]3O[C@@](O[C@@H]4[C@@H](O)[C@H](O)O[C@H](CO)[C@H]4O)(C(=O)O)C[C@H](O)[C@H]3NC(C)=O)(C(=O)O)C[C@H](O)[C@H]2NC(C)=O)(C(=O)O)C[C@@H]1O. The largest absolute Gasteiger partial charge is 0.477 e. The average molecular weight is 1050 g/mol. The van der Waals surface area contributed by atoms with Gasteiger partial charge in [0.2, 0.25) is 17.7 Å². The van der Waals surface area contributed by atoms with E-state index in [9.17, 15) is 116 Å². The highest BCUT2D eigenvalue weighted by Gasteiger charge is 2.63. The molecule has 0 unspecified atom stereocenters. The Morgan fingerprint density at radius 3 is 1.21 bits per heavy atom. The Bertz CT molecular complexity index is 1900. The third kappa shape index (κ3) is 12.9. The Balaban J connectivity index is 1.76. The van der Waals surface area contributed by atoms with E-state index in [1.54, 1.807) is 0 Å². The van der Waals surface area contributed by atoms with Gasteiger partial charge in [-0.1, -0.05) is 0 Å². The number of aliphatic carboxylic acids is 3. The van der Waals surface area contributed by atoms with Crippen LogP contribution in [-0.2, 0) is 61.9 Å². The van der Waals surface area contributed by atoms with Crippen molar-refractivity contribution in [1.82, 2.24) is 16.0 Å². The summed E-state index contributed by atoms with van der Waals surface area (Å²) in [6.45, 7) is -2.52. The Morgan fingerprint density at radius 1 is 0.542 bits per heavy atom. The summed E-state index contributed by atoms with van der Waals surface area (Å²) >= 11 is 0. The number of hydrogen-bond donors (Lipinski definition) is 20. The average Bonchev–Trinajstić information content (AvgIpc) is 3.30. The van der Waals surface area contributed by atoms with Gasteiger partial charge in [0.25, 0.3) is 17.4 Å². The molecule has 3 amide bonds. The number of ether oxygens (including phenoxy) is 7. The summed E-state index contributed by atoms with van der Waals surface area (Å²) in [6, 6.07) is -5.63. The second kappa shape index (κ2) is 24.6. The van der Waals surface area contributed by atoms with Crippen molar-refractivity contribution in [3.63, 3.8) is 0 Å². The van der Waals surface area contributed by atoms with Crippen molar-refractivity contribution in [3.05, 3.63) is 0 Å². The van der Waals surface area contributed by atoms with Gasteiger partial charge in [-0.2, -0.15) is 0 Å². The number of carboxylic acid groups (broad SMARTS) is 3. The Morgan fingerprint density at radius 2 is 0.889 bits per heavy atom. The Labute approximate surface area is 405 Å². The fourth-order valence-electron chi connectivity index (χ4n) is 8.86. The van der Waals surface area contributed by atoms with E-state index < -0.39 is 221 Å². The zero-order valence-corrected chi connectivity index (χ0v) is 38.4. The van der Waals surface area contributed by atoms with E-state index in [2.05, 4.69) is 16.0 Å². The fourth-order valence-corrected chi connectivity index (χ4v) is 8.86. The van der Waals surface area contributed by atoms with Crippen LogP contribution in [0.3, 0.4) is 0 Å². The van der Waals surface area contributed by atoms with Gasteiger partial charge in [-0.05, 0) is 0 Å². The molecule has 0 aromatic rings. The molecule has 33 nitrogen and oxygen atoms in total. The Kier molecular flexibility index (Phi) is 20.6. The number of carbonyl (C=O) groups excluding carboxylic acids is 3. The first kappa shape index (κ1) is 60.5. The number of rotatable bonds is 22. The van der Waals surface area contributed by atoms with Crippen LogP contribution < -0.4 is 16.0 Å². The first-order valence-corrected chi connectivity index (χ1v) is 22.0. The van der Waals surface area contributed by atoms with Crippen LogP contribution in [0.25, 0.3) is 0 Å². The standard InChI is InChI=1S/C39H63N3O30/c1-11(47)40-21-14(50)4-37(34(60)61,69-29(21)24(54)17(53)7-43)67-19(9-45)26(56)30-22(41-12(2)48)15(51)5-38(70-30,35(62)63)68-20(10-46)27(57)31-23(42-13(3)49)16(52)6-39(71-31,36(64)65)72-32-25(55)18(8-44)66-33(59)28(32)58/h14-33,43-46,50-59H,4-10H2,1-3H3,(H,40,47)(H,41,48)(H,42,49)(H,60,61)(H,62,63)(H,64,65)/t14-,15-,16-,17+,18+,19+,20+,21+,22+,23+,24+,25+,26+,27+,28+,29+,30+,31+,32-,33+,37+,38+,39-/m0/s1. The van der Waals surface area contributed by atoms with Gasteiger partial charge >= 0.3 is 17.9 Å². The molecule has 20 N–H and O–H groups in total. The summed E-state index contributed by atoms with van der Waals surface area (Å²) in [5.74, 6) is -19.5. The van der Waals surface area contributed by atoms with Crippen molar-refractivity contribution in [2.45, 2.75) is 179 Å². The molecule has 4 aliphatic rings. The lowest BCUT2D eigenvalue weighted by Gasteiger charge is -2.51. The number of carboxylic acids is 3. The molecule has 0 bridgehead atoms. The third-order valence-electron chi connectivity index (χ3n) is 12.4. The Hall–Kier alpha value is -4.02. The summed E-state index contributed by atoms with van der Waals surface area (Å²) in [6.07, 6.45) is -42.5. The molecule has 0 aromatic heterocycles. The van der Waals surface area contributed by atoms with Crippen molar-refractivity contribution in [2.75, 3.05) is 26.4 Å². The van der Waals surface area contributed by atoms with E-state index in [-0.39, 0.29) is 0 Å². The quantitative estimate of drug-likeness (QED) is 0.0479. The topological polar surface area (TPSA) is 547 Å². The molecular formula is C39H63N3O30. The van der Waals surface area contributed by atoms with Crippen LogP contribution in [0, 0.1) is 0 Å². The molecule has 414 valence electrons. The predicted octanol–water partition coefficient (Wildman–Crippen LogP) is -11.7. The van der Waals surface area contributed by atoms with Crippen LogP contribution in [0.1, 0.15) is 40.0 Å². The van der Waals surface area contributed by atoms with Crippen molar-refractivity contribution in [1.29, 1.82) is 0 Å². The minimum atomic E-state index is -3.47. The van der Waals surface area contributed by atoms with E-state index in [0.29, 0.717) is 0 Å². The number of amides is 3. The molecule has 4 rings (SSSR count). The highest BCUT2D eigenvalue weighted by molar-refractivity contribution is 5.78. The molecule has 4 saturated heterocycles. The minimum absolute atomic E-state index is 0.868. The third-order valence-corrected chi connectivity index (χ3v) is 12.4. The maximum Gasteiger partial charge on any atom is 0.364 e. The molecule has 4 fully saturated rings. The first-order valence-electron chi connectivity index (χ1n) is 22.0. The van der Waals surface area contributed by atoms with E-state index in [1.165, 1.54) is 0 Å². The van der Waals surface area contributed by atoms with Gasteiger partial charge in [-0.3, -0.25) is 14.4 Å². The van der Waals surface area contributed by atoms with E-state index >= 15 is 0 Å². The van der Waals surface area contributed by atoms with Crippen LogP contribution in [0.2, 0.25) is 0 Å². The summed E-state index contributed by atoms with van der Waals surface area (Å²) < 4.78 is 38.4. The molecule has 0 saturated carbocycles. The molecular weight excluding hydrogens is 990 g/mol. The van der Waals surface area contributed by atoms with Crippen molar-refractivity contribution >= 4 is 35.6 Å². The normalized spacial score (nSPS) is 39.8. The van der Waals surface area contributed by atoms with E-state index in [0.717, 1.165) is 20.8 Å². The van der Waals surface area contributed by atoms with Crippen molar-refractivity contribution in [2.24, 2.45) is 0 Å². The van der Waals surface area contributed by atoms with Crippen LogP contribution in [0.4, 0.5) is 0 Å². The summed E-state index contributed by atoms with van der Waals surface area (Å²) in [4.78, 5) is 76.0. The lowest BCUT2D eigenvalue weighted by atomic mass is 9.86. The van der Waals surface area contributed by atoms with Crippen LogP contribution in [-0.4, -0.2) is 288 Å². The highest BCUT2D eigenvalue weighted by Crippen LogP contribution is 2.41. The van der Waals surface area contributed by atoms with Gasteiger partial charge in [0.15, 0.2) is 6.29 Å². The summed E-state index contributed by atoms with van der Waals surface area (Å²) in [5.41, 5.74) is 0. The summed E-state index contributed by atoms with van der Waals surface area (Å²) in [7, 11) is 0. The maximum absolute atomic E-state index is 13.3. The van der Waals surface area contributed by atoms with Gasteiger partial charge < -0.3 is 136 Å². The monoisotopic (exact) mass is 1050 g/mol. The molecule has 4 heterocycles. The maximum atomic E-state index is 13.3. The van der Waals surface area contributed by atoms with Crippen molar-refractivity contribution in [3.8, 4) is 0 Å². The number of carbonyl (C=O) groups is 6. The molecule has 4 aliphatic heterocycles. The van der Waals surface area contributed by atoms with Gasteiger partial charge in [0.05, 0.1) is 62.9 Å². The molecule has 72 heavy (non-hydrogen) atoms. The van der Waals surface area contributed by atoms with Crippen LogP contribution in [0.5, 0.6) is 0 Å². The van der Waals surface area contributed by atoms with Gasteiger partial charge in [0.1, 0.15) is 79.4 Å². The molecule has 23 atom stereocenters. The molecule has 33 heteroatoms. The minimum Gasteiger partial charge on any atom is -0.477 e. The van der Waals surface area contributed by atoms with Gasteiger partial charge in [-0.25, -0.2) is 14.4 Å². The molecule has 0 aromatic carbocycles. The summed E-state index contributed by atoms with van der Waals surface area (Å²) in [5, 5.41) is 189. The predicted molar refractivity (Wildman–Crippen MR) is 220 cm³/mol. The number of aliphatic hydroxyl groups excluding tert-OH is 14. The first-order chi connectivity index (χ1) is 33.5. The molecule has 0 aliphatic carbocycles. The number of aliphatic hydroxyl groups is 14. The fraction of sp³-hybridized carbons (Fsp3) is 0.846.